The van der Waals surface area contributed by atoms with Gasteiger partial charge in [0.25, 0.3) is 5.88 Å². The molecule has 7 heterocycles. The summed E-state index contributed by atoms with van der Waals surface area (Å²) in [5.41, 5.74) is 12.0. The summed E-state index contributed by atoms with van der Waals surface area (Å²) in [7, 11) is 0. The van der Waals surface area contributed by atoms with E-state index >= 15 is 0 Å². The Morgan fingerprint density at radius 3 is 2.61 bits per heavy atom. The average Bonchev–Trinajstić information content (AvgIpc) is 4.25. The van der Waals surface area contributed by atoms with Crippen LogP contribution < -0.4 is 20.7 Å². The van der Waals surface area contributed by atoms with Crippen molar-refractivity contribution in [2.45, 2.75) is 129 Å². The molecule has 9 rings (SSSR count). The lowest BCUT2D eigenvalue weighted by atomic mass is 9.72. The first-order chi connectivity index (χ1) is 35.5. The normalized spacial score (nSPS) is 21.6. The molecule has 74 heavy (non-hydrogen) atoms. The Kier molecular flexibility index (Phi) is 15.8. The Balaban J connectivity index is 0.787. The second-order valence-corrected chi connectivity index (χ2v) is 22.7. The van der Waals surface area contributed by atoms with Gasteiger partial charge in [0.1, 0.15) is 28.8 Å². The molecule has 2 saturated heterocycles. The van der Waals surface area contributed by atoms with Crippen molar-refractivity contribution in [3.63, 3.8) is 0 Å². The highest BCUT2D eigenvalue weighted by Crippen LogP contribution is 2.48. The monoisotopic (exact) mass is 1050 g/mol. The van der Waals surface area contributed by atoms with E-state index in [2.05, 4.69) is 53.5 Å². The number of benzene rings is 1. The van der Waals surface area contributed by atoms with Gasteiger partial charge in [-0.2, -0.15) is 10.2 Å². The number of hydrogen-bond acceptors (Lipinski definition) is 19. The number of anilines is 2. The van der Waals surface area contributed by atoms with Crippen LogP contribution in [-0.2, 0) is 21.4 Å². The zero-order valence-electron chi connectivity index (χ0n) is 43.0. The fraction of sp³-hybridized carbons (Fsp3) is 0.538. The lowest BCUT2D eigenvalue weighted by molar-refractivity contribution is -0.143. The number of carbonyl (C=O) groups is 2. The van der Waals surface area contributed by atoms with Gasteiger partial charge in [0.05, 0.1) is 58.1 Å². The third-order valence-corrected chi connectivity index (χ3v) is 16.8. The molecule has 20 nitrogen and oxygen atoms in total. The summed E-state index contributed by atoms with van der Waals surface area (Å²) in [4.78, 5) is 55.6. The number of amides is 2. The van der Waals surface area contributed by atoms with Crippen LogP contribution in [0.15, 0.2) is 52.8 Å². The second kappa shape index (κ2) is 22.2. The van der Waals surface area contributed by atoms with Crippen molar-refractivity contribution < 1.29 is 29.1 Å². The number of aliphatic hydroxyl groups excluding tert-OH is 2. The number of thiophene rings is 1. The molecule has 6 aromatic rings. The Labute approximate surface area is 439 Å². The zero-order chi connectivity index (χ0) is 52.4. The van der Waals surface area contributed by atoms with E-state index in [9.17, 15) is 25.1 Å². The molecular weight excluding hydrogens is 981 g/mol. The number of nitriles is 1. The maximum Gasteiger partial charge on any atom is 0.253 e. The zero-order valence-corrected chi connectivity index (χ0v) is 44.6. The molecule has 22 heteroatoms. The van der Waals surface area contributed by atoms with E-state index in [0.29, 0.717) is 40.5 Å². The van der Waals surface area contributed by atoms with E-state index in [4.69, 9.17) is 25.0 Å². The Hall–Kier alpha value is -6.38. The molecular formula is C52H66N14O6S2. The van der Waals surface area contributed by atoms with E-state index in [1.165, 1.54) is 20.9 Å². The molecule has 0 radical (unpaired) electrons. The molecule has 0 bridgehead atoms. The summed E-state index contributed by atoms with van der Waals surface area (Å²) in [6.45, 7) is 17.3. The molecule has 2 amide bonds. The van der Waals surface area contributed by atoms with Crippen LogP contribution in [-0.4, -0.2) is 136 Å². The highest BCUT2D eigenvalue weighted by atomic mass is 32.1. The predicted octanol–water partition coefficient (Wildman–Crippen LogP) is 6.11. The van der Waals surface area contributed by atoms with Crippen LogP contribution in [0.4, 0.5) is 10.9 Å². The minimum absolute atomic E-state index is 0.0222. The van der Waals surface area contributed by atoms with Gasteiger partial charge >= 0.3 is 0 Å². The van der Waals surface area contributed by atoms with Crippen molar-refractivity contribution in [1.29, 1.82) is 5.26 Å². The van der Waals surface area contributed by atoms with Crippen LogP contribution in [0.5, 0.6) is 5.88 Å². The van der Waals surface area contributed by atoms with Crippen LogP contribution >= 0.6 is 22.7 Å². The minimum atomic E-state index is -0.969. The molecule has 3 aliphatic rings. The first-order valence-electron chi connectivity index (χ1n) is 25.5. The number of rotatable bonds is 17. The predicted molar refractivity (Wildman–Crippen MR) is 280 cm³/mol. The van der Waals surface area contributed by atoms with Crippen molar-refractivity contribution in [2.75, 3.05) is 50.0 Å². The lowest BCUT2D eigenvalue weighted by Gasteiger charge is -2.32. The molecule has 1 aliphatic carbocycles. The molecule has 7 atom stereocenters. The maximum atomic E-state index is 14.5. The molecule has 1 aromatic carbocycles. The third kappa shape index (κ3) is 10.8. The quantitative estimate of drug-likeness (QED) is 0.0751. The molecule has 5 N–H and O–H groups in total. The number of nitrogens with two attached hydrogens (primary N) is 1. The number of β-amino-alcohol motifs (C(OH)–C–C–N with tert-alkyl or cyclic N) is 1. The standard InChI is InChI=1S/C52H66N14O6S2/c1-29(2)43(49(70)65-26-35(67)23-38(65)48(69)58-42(44(68)30(3)4)33-12-14-34(15-13-33)45-32(6)56-28-73-45)66-27-40(60-62-66)71-22-10-20-63-19-9-21-64(31(5)25-63)51-55-18-16-37(57-51)47-59-50(72-61-47)52(7)17-8-11-39-41(52)36(24-53)46(54)74-39/h12-16,18,27-31,35,38,42-44,67-68H,8-11,17,19-23,25-26,54H2,1-7H3,(H,58,69)/t31-,35+,38-,42?,43+,44+,52-/m0/s1. The van der Waals surface area contributed by atoms with Crippen molar-refractivity contribution in [3.8, 4) is 33.9 Å². The largest absolute Gasteiger partial charge is 0.475 e. The van der Waals surface area contributed by atoms with Gasteiger partial charge in [0, 0.05) is 55.3 Å². The third-order valence-electron chi connectivity index (χ3n) is 14.7. The number of hydrogen-bond donors (Lipinski definition) is 4. The molecule has 2 aliphatic heterocycles. The summed E-state index contributed by atoms with van der Waals surface area (Å²) in [6.07, 6.45) is 5.73. The first-order valence-corrected chi connectivity index (χ1v) is 27.2. The van der Waals surface area contributed by atoms with Gasteiger partial charge in [-0.1, -0.05) is 67.4 Å². The number of carbonyl (C=O) groups excluding carboxylic acids is 2. The van der Waals surface area contributed by atoms with Gasteiger partial charge in [-0.25, -0.2) is 19.6 Å². The van der Waals surface area contributed by atoms with Gasteiger partial charge in [-0.3, -0.25) is 9.59 Å². The molecule has 5 aromatic heterocycles. The van der Waals surface area contributed by atoms with Crippen molar-refractivity contribution in [2.24, 2.45) is 11.8 Å². The van der Waals surface area contributed by atoms with Crippen LogP contribution in [0.3, 0.4) is 0 Å². The fourth-order valence-electron chi connectivity index (χ4n) is 10.7. The van der Waals surface area contributed by atoms with E-state index in [0.717, 1.165) is 90.4 Å². The molecule has 2 fully saturated rings. The van der Waals surface area contributed by atoms with Crippen LogP contribution in [0, 0.1) is 30.1 Å². The first kappa shape index (κ1) is 52.5. The summed E-state index contributed by atoms with van der Waals surface area (Å²) in [5.74, 6) is 0.421. The number of aryl methyl sites for hydroxylation is 2. The van der Waals surface area contributed by atoms with Crippen LogP contribution in [0.1, 0.15) is 119 Å². The maximum absolute atomic E-state index is 14.5. The molecule has 0 spiro atoms. The number of thiazole rings is 1. The summed E-state index contributed by atoms with van der Waals surface area (Å²) in [5, 5.41) is 48.7. The number of nitrogens with zero attached hydrogens (tertiary/aromatic N) is 12. The van der Waals surface area contributed by atoms with Gasteiger partial charge in [0.15, 0.2) is 0 Å². The fourth-order valence-corrected chi connectivity index (χ4v) is 12.8. The van der Waals surface area contributed by atoms with E-state index in [1.807, 2.05) is 65.8 Å². The number of nitrogens with one attached hydrogen (secondary N) is 1. The van der Waals surface area contributed by atoms with Gasteiger partial charge in [-0.15, -0.1) is 22.7 Å². The van der Waals surface area contributed by atoms with Crippen molar-refractivity contribution in [3.05, 3.63) is 81.4 Å². The van der Waals surface area contributed by atoms with Crippen LogP contribution in [0.25, 0.3) is 22.0 Å². The summed E-state index contributed by atoms with van der Waals surface area (Å²) in [6, 6.07) is 9.35. The number of aromatic nitrogens is 8. The second-order valence-electron chi connectivity index (χ2n) is 20.7. The van der Waals surface area contributed by atoms with Crippen molar-refractivity contribution >= 4 is 45.4 Å². The van der Waals surface area contributed by atoms with E-state index in [-0.39, 0.29) is 42.6 Å². The molecule has 392 valence electrons. The van der Waals surface area contributed by atoms with E-state index < -0.39 is 41.7 Å². The van der Waals surface area contributed by atoms with E-state index in [1.54, 1.807) is 35.3 Å². The lowest BCUT2D eigenvalue weighted by Crippen LogP contribution is -2.51. The number of aliphatic hydroxyl groups is 2. The van der Waals surface area contributed by atoms with Crippen molar-refractivity contribution in [1.82, 2.24) is 55.2 Å². The van der Waals surface area contributed by atoms with Gasteiger partial charge in [0.2, 0.25) is 29.5 Å². The topological polar surface area (TPSA) is 264 Å². The summed E-state index contributed by atoms with van der Waals surface area (Å²) < 4.78 is 13.5. The molecule has 0 saturated carbocycles. The Morgan fingerprint density at radius 1 is 1.08 bits per heavy atom. The molecule has 1 unspecified atom stereocenters. The SMILES string of the molecule is Cc1ncsc1-c1ccc(C(NC(=O)[C@@H]2C[C@@H](O)CN2C(=O)[C@@H](C(C)C)n2cc(OCCCN3CCCN(c4nccc(-c5noc([C@@]6(C)CCCc7sc(N)c(C#N)c76)n5)n4)[C@@H](C)C3)nn2)[C@H](O)C(C)C)cc1. The number of ether oxygens (including phenoxy) is 1. The number of nitrogen functional groups attached to an aromatic ring is 1. The number of likely N-dealkylation sites (tertiary alicyclic amines) is 1. The highest BCUT2D eigenvalue weighted by molar-refractivity contribution is 7.16. The van der Waals surface area contributed by atoms with Crippen LogP contribution in [0.2, 0.25) is 0 Å². The Bertz CT molecular complexity index is 2960. The minimum Gasteiger partial charge on any atom is -0.475 e. The summed E-state index contributed by atoms with van der Waals surface area (Å²) >= 11 is 3.02. The average molecular weight is 1050 g/mol. The smallest absolute Gasteiger partial charge is 0.253 e. The van der Waals surface area contributed by atoms with Gasteiger partial charge < -0.3 is 45.2 Å². The number of fused-ring (bicyclic) bond motifs is 1. The highest BCUT2D eigenvalue weighted by Gasteiger charge is 2.45. The van der Waals surface area contributed by atoms with Gasteiger partial charge in [-0.05, 0) is 88.4 Å². The Morgan fingerprint density at radius 2 is 1.88 bits per heavy atom.